The van der Waals surface area contributed by atoms with E-state index in [4.69, 9.17) is 4.74 Å². The monoisotopic (exact) mass is 348 g/mol. The van der Waals surface area contributed by atoms with Crippen LogP contribution in [0.5, 0.6) is 0 Å². The Labute approximate surface area is 133 Å². The highest BCUT2D eigenvalue weighted by Gasteiger charge is 2.53. The number of aromatic nitrogens is 2. The number of halogens is 1. The minimum Gasteiger partial charge on any atom is -0.384 e. The number of rotatable bonds is 3. The molecule has 21 heavy (non-hydrogen) atoms. The van der Waals surface area contributed by atoms with Crippen LogP contribution in [0.3, 0.4) is 0 Å². The summed E-state index contributed by atoms with van der Waals surface area (Å²) < 4.78 is 8.74. The van der Waals surface area contributed by atoms with Crippen molar-refractivity contribution in [1.29, 1.82) is 0 Å². The lowest BCUT2D eigenvalue weighted by atomic mass is 9.50. The second kappa shape index (κ2) is 4.82. The van der Waals surface area contributed by atoms with Crippen molar-refractivity contribution < 1.29 is 4.74 Å². The molecule has 2 aromatic rings. The van der Waals surface area contributed by atoms with Gasteiger partial charge in [-0.15, -0.1) is 0 Å². The molecule has 3 nitrogen and oxygen atoms in total. The van der Waals surface area contributed by atoms with Gasteiger partial charge in [-0.1, -0.05) is 0 Å². The van der Waals surface area contributed by atoms with Crippen molar-refractivity contribution in [3.8, 4) is 0 Å². The first-order chi connectivity index (χ1) is 10.1. The topological polar surface area (TPSA) is 27.1 Å². The molecule has 0 aliphatic heterocycles. The van der Waals surface area contributed by atoms with Crippen molar-refractivity contribution in [1.82, 2.24) is 9.55 Å². The van der Waals surface area contributed by atoms with Crippen LogP contribution in [0.1, 0.15) is 37.3 Å². The summed E-state index contributed by atoms with van der Waals surface area (Å²) in [6.45, 7) is 3.12. The molecule has 0 bridgehead atoms. The van der Waals surface area contributed by atoms with Crippen LogP contribution >= 0.6 is 15.9 Å². The summed E-state index contributed by atoms with van der Waals surface area (Å²) in [7, 11) is 1.81. The number of hydrogen-bond donors (Lipinski definition) is 0. The van der Waals surface area contributed by atoms with Gasteiger partial charge in [0.25, 0.3) is 0 Å². The van der Waals surface area contributed by atoms with E-state index in [1.807, 2.05) is 13.3 Å². The molecule has 0 unspecified atom stereocenters. The highest BCUT2D eigenvalue weighted by molar-refractivity contribution is 9.10. The first-order valence-electron chi connectivity index (χ1n) is 7.72. The van der Waals surface area contributed by atoms with Crippen molar-refractivity contribution in [2.24, 2.45) is 11.3 Å². The van der Waals surface area contributed by atoms with Gasteiger partial charge in [0.2, 0.25) is 0 Å². The molecule has 0 aromatic carbocycles. The van der Waals surface area contributed by atoms with E-state index in [2.05, 4.69) is 44.7 Å². The molecular formula is C17H21BrN2O. The van der Waals surface area contributed by atoms with E-state index in [1.165, 1.54) is 36.6 Å². The molecule has 4 rings (SSSR count). The normalized spacial score (nSPS) is 31.4. The molecule has 2 aliphatic rings. The van der Waals surface area contributed by atoms with Gasteiger partial charge in [-0.05, 0) is 71.5 Å². The van der Waals surface area contributed by atoms with Gasteiger partial charge >= 0.3 is 0 Å². The lowest BCUT2D eigenvalue weighted by molar-refractivity contribution is -0.0817. The third-order valence-corrected chi connectivity index (χ3v) is 5.85. The van der Waals surface area contributed by atoms with Crippen LogP contribution in [0, 0.1) is 18.3 Å². The van der Waals surface area contributed by atoms with Crippen molar-refractivity contribution in [3.63, 3.8) is 0 Å². The molecule has 0 N–H and O–H groups in total. The van der Waals surface area contributed by atoms with E-state index in [0.29, 0.717) is 11.5 Å². The smallest absolute Gasteiger partial charge is 0.140 e. The molecular weight excluding hydrogens is 328 g/mol. The average molecular weight is 349 g/mol. The fourth-order valence-corrected chi connectivity index (χ4v) is 4.87. The molecule has 2 saturated carbocycles. The Morgan fingerprint density at radius 2 is 2.14 bits per heavy atom. The fraction of sp³-hybridized carbons (Fsp3) is 0.588. The Balaban J connectivity index is 1.52. The maximum absolute atomic E-state index is 5.27. The minimum absolute atomic E-state index is 0.619. The summed E-state index contributed by atoms with van der Waals surface area (Å²) in [4.78, 5) is 4.64. The number of pyridine rings is 1. The van der Waals surface area contributed by atoms with Gasteiger partial charge in [0.05, 0.1) is 0 Å². The Morgan fingerprint density at radius 3 is 2.86 bits per heavy atom. The maximum Gasteiger partial charge on any atom is 0.140 e. The van der Waals surface area contributed by atoms with Gasteiger partial charge in [-0.3, -0.25) is 0 Å². The molecule has 2 fully saturated rings. The van der Waals surface area contributed by atoms with Crippen LogP contribution < -0.4 is 0 Å². The minimum atomic E-state index is 0.619. The predicted molar refractivity (Wildman–Crippen MR) is 87.5 cm³/mol. The zero-order chi connectivity index (χ0) is 14.6. The second-order valence-corrected chi connectivity index (χ2v) is 7.95. The van der Waals surface area contributed by atoms with Crippen LogP contribution in [0.25, 0.3) is 11.0 Å². The number of nitrogens with zero attached hydrogens (tertiary/aromatic N) is 2. The lowest BCUT2D eigenvalue weighted by Crippen LogP contribution is -2.49. The van der Waals surface area contributed by atoms with E-state index in [-0.39, 0.29) is 0 Å². The van der Waals surface area contributed by atoms with Gasteiger partial charge in [-0.25, -0.2) is 4.98 Å². The van der Waals surface area contributed by atoms with Gasteiger partial charge in [0, 0.05) is 42.0 Å². The first-order valence-corrected chi connectivity index (χ1v) is 8.51. The highest BCUT2D eigenvalue weighted by atomic mass is 79.9. The summed E-state index contributed by atoms with van der Waals surface area (Å²) in [6.07, 6.45) is 9.53. The summed E-state index contributed by atoms with van der Waals surface area (Å²) >= 11 is 3.52. The fourth-order valence-electron chi connectivity index (χ4n) is 4.53. The van der Waals surface area contributed by atoms with Crippen LogP contribution in [-0.2, 0) is 4.74 Å². The Morgan fingerprint density at radius 1 is 1.38 bits per heavy atom. The van der Waals surface area contributed by atoms with E-state index >= 15 is 0 Å². The summed E-state index contributed by atoms with van der Waals surface area (Å²) in [6, 6.07) is 2.82. The van der Waals surface area contributed by atoms with E-state index in [0.717, 1.165) is 22.6 Å². The summed E-state index contributed by atoms with van der Waals surface area (Å²) in [5.74, 6) is 0.799. The Bertz CT molecular complexity index is 679. The number of methoxy groups -OCH3 is 1. The van der Waals surface area contributed by atoms with E-state index in [9.17, 15) is 0 Å². The highest BCUT2D eigenvalue weighted by Crippen LogP contribution is 2.63. The number of hydrogen-bond acceptors (Lipinski definition) is 2. The standard InChI is InChI=1S/C17H21BrN2O/c1-11-9-20(16-15(11)3-13(18)8-19-16)14-6-17(7-14)4-12(5-17)10-21-2/h3,8-9,12,14H,4-7,10H2,1-2H3. The third-order valence-electron chi connectivity index (χ3n) is 5.41. The van der Waals surface area contributed by atoms with Gasteiger partial charge < -0.3 is 9.30 Å². The molecule has 112 valence electrons. The molecule has 4 heteroatoms. The molecule has 0 radical (unpaired) electrons. The average Bonchev–Trinajstić information content (AvgIpc) is 2.68. The molecule has 2 heterocycles. The van der Waals surface area contributed by atoms with Gasteiger partial charge in [-0.2, -0.15) is 0 Å². The molecule has 2 aromatic heterocycles. The third kappa shape index (κ3) is 2.15. The zero-order valence-corrected chi connectivity index (χ0v) is 14.2. The molecule has 0 atom stereocenters. The molecule has 0 saturated heterocycles. The van der Waals surface area contributed by atoms with Crippen LogP contribution in [0.2, 0.25) is 0 Å². The molecule has 0 amide bonds. The summed E-state index contributed by atoms with van der Waals surface area (Å²) in [5, 5.41) is 1.27. The largest absolute Gasteiger partial charge is 0.384 e. The zero-order valence-electron chi connectivity index (χ0n) is 12.6. The van der Waals surface area contributed by atoms with Crippen molar-refractivity contribution in [2.75, 3.05) is 13.7 Å². The molecule has 2 aliphatic carbocycles. The maximum atomic E-state index is 5.27. The van der Waals surface area contributed by atoms with E-state index in [1.54, 1.807) is 0 Å². The second-order valence-electron chi connectivity index (χ2n) is 7.04. The molecule has 1 spiro atoms. The number of fused-ring (bicyclic) bond motifs is 1. The van der Waals surface area contributed by atoms with Crippen LogP contribution in [0.4, 0.5) is 0 Å². The predicted octanol–water partition coefficient (Wildman–Crippen LogP) is 4.48. The quantitative estimate of drug-likeness (QED) is 0.817. The van der Waals surface area contributed by atoms with E-state index < -0.39 is 0 Å². The van der Waals surface area contributed by atoms with Gasteiger partial charge in [0.15, 0.2) is 0 Å². The van der Waals surface area contributed by atoms with Gasteiger partial charge in [0.1, 0.15) is 5.65 Å². The Kier molecular flexibility index (Phi) is 3.16. The number of ether oxygens (including phenoxy) is 1. The van der Waals surface area contributed by atoms with Crippen molar-refractivity contribution >= 4 is 27.0 Å². The first kappa shape index (κ1) is 13.8. The van der Waals surface area contributed by atoms with Crippen LogP contribution in [0.15, 0.2) is 22.9 Å². The number of aryl methyl sites for hydroxylation is 1. The Hall–Kier alpha value is -0.870. The van der Waals surface area contributed by atoms with Crippen LogP contribution in [-0.4, -0.2) is 23.3 Å². The van der Waals surface area contributed by atoms with Crippen molar-refractivity contribution in [2.45, 2.75) is 38.6 Å². The SMILES string of the molecule is COCC1CC2(C1)CC(n1cc(C)c3cc(Br)cnc31)C2. The van der Waals surface area contributed by atoms with Crippen molar-refractivity contribution in [3.05, 3.63) is 28.5 Å². The lowest BCUT2D eigenvalue weighted by Gasteiger charge is -2.58. The summed E-state index contributed by atoms with van der Waals surface area (Å²) in [5.41, 5.74) is 3.09.